The largest absolute Gasteiger partial charge is 0.384 e. The Morgan fingerprint density at radius 2 is 2.00 bits per heavy atom. The van der Waals surface area contributed by atoms with Gasteiger partial charge < -0.3 is 10.6 Å². The third-order valence-corrected chi connectivity index (χ3v) is 3.43. The fourth-order valence-corrected chi connectivity index (χ4v) is 2.31. The molecule has 0 aromatic heterocycles. The number of hydrogen-bond acceptors (Lipinski definition) is 2. The lowest BCUT2D eigenvalue weighted by Crippen LogP contribution is -2.30. The number of amidine groups is 1. The Morgan fingerprint density at radius 1 is 1.41 bits per heavy atom. The monoisotopic (exact) mass is 253 g/mol. The fourth-order valence-electron chi connectivity index (χ4n) is 1.99. The first kappa shape index (κ1) is 13.8. The van der Waals surface area contributed by atoms with Crippen LogP contribution in [-0.2, 0) is 0 Å². The van der Waals surface area contributed by atoms with Gasteiger partial charge in [0, 0.05) is 18.7 Å². The van der Waals surface area contributed by atoms with Gasteiger partial charge in [-0.1, -0.05) is 25.4 Å². The average Bonchev–Trinajstić information content (AvgIpc) is 2.30. The number of benzene rings is 1. The van der Waals surface area contributed by atoms with Crippen LogP contribution in [0.15, 0.2) is 18.2 Å². The van der Waals surface area contributed by atoms with Crippen LogP contribution in [0.5, 0.6) is 0 Å². The van der Waals surface area contributed by atoms with Crippen molar-refractivity contribution in [2.45, 2.75) is 32.7 Å². The molecule has 0 aliphatic heterocycles. The van der Waals surface area contributed by atoms with E-state index in [4.69, 9.17) is 22.7 Å². The number of nitrogen functional groups attached to an aromatic ring is 1. The minimum atomic E-state index is 0.0450. The van der Waals surface area contributed by atoms with Crippen molar-refractivity contribution < 1.29 is 0 Å². The molecule has 3 nitrogen and oxygen atoms in total. The van der Waals surface area contributed by atoms with Gasteiger partial charge in [-0.3, -0.25) is 5.41 Å². The number of nitrogens with one attached hydrogen (secondary N) is 1. The maximum atomic E-state index is 7.37. The van der Waals surface area contributed by atoms with E-state index in [0.29, 0.717) is 16.6 Å². The number of nitrogens with two attached hydrogens (primary N) is 1. The normalized spacial score (nSPS) is 10.6. The molecular formula is C13H20ClN3. The van der Waals surface area contributed by atoms with Crippen LogP contribution < -0.4 is 10.6 Å². The number of nitrogens with zero attached hydrogens (tertiary/aromatic N) is 1. The minimum Gasteiger partial charge on any atom is -0.384 e. The van der Waals surface area contributed by atoms with E-state index in [1.807, 2.05) is 19.2 Å². The van der Waals surface area contributed by atoms with Gasteiger partial charge in [-0.15, -0.1) is 0 Å². The smallest absolute Gasteiger partial charge is 0.122 e. The predicted molar refractivity (Wildman–Crippen MR) is 75.2 cm³/mol. The number of hydrogen-bond donors (Lipinski definition) is 2. The summed E-state index contributed by atoms with van der Waals surface area (Å²) in [5, 5.41) is 8.02. The molecule has 4 heteroatoms. The molecule has 0 radical (unpaired) electrons. The summed E-state index contributed by atoms with van der Waals surface area (Å²) in [7, 11) is 2.05. The van der Waals surface area contributed by atoms with Crippen molar-refractivity contribution in [1.29, 1.82) is 5.41 Å². The first-order chi connectivity index (χ1) is 8.01. The third-order valence-electron chi connectivity index (χ3n) is 3.13. The van der Waals surface area contributed by atoms with Crippen LogP contribution >= 0.6 is 11.6 Å². The topological polar surface area (TPSA) is 53.1 Å². The zero-order chi connectivity index (χ0) is 13.0. The van der Waals surface area contributed by atoms with Crippen molar-refractivity contribution in [3.8, 4) is 0 Å². The van der Waals surface area contributed by atoms with Gasteiger partial charge in [0.25, 0.3) is 0 Å². The molecule has 94 valence electrons. The van der Waals surface area contributed by atoms with Crippen molar-refractivity contribution >= 4 is 23.1 Å². The molecule has 17 heavy (non-hydrogen) atoms. The van der Waals surface area contributed by atoms with Crippen molar-refractivity contribution in [1.82, 2.24) is 0 Å². The zero-order valence-corrected chi connectivity index (χ0v) is 11.4. The van der Waals surface area contributed by atoms with Gasteiger partial charge in [-0.05, 0) is 31.0 Å². The van der Waals surface area contributed by atoms with Gasteiger partial charge in [-0.25, -0.2) is 0 Å². The van der Waals surface area contributed by atoms with E-state index in [1.54, 1.807) is 6.07 Å². The van der Waals surface area contributed by atoms with E-state index in [1.165, 1.54) is 0 Å². The van der Waals surface area contributed by atoms with Gasteiger partial charge >= 0.3 is 0 Å². The van der Waals surface area contributed by atoms with Crippen LogP contribution in [0.1, 0.15) is 32.3 Å². The molecule has 0 heterocycles. The molecule has 3 N–H and O–H groups in total. The molecule has 0 amide bonds. The highest BCUT2D eigenvalue weighted by Gasteiger charge is 2.14. The summed E-state index contributed by atoms with van der Waals surface area (Å²) in [4.78, 5) is 2.19. The highest BCUT2D eigenvalue weighted by atomic mass is 35.5. The van der Waals surface area contributed by atoms with Gasteiger partial charge in [0.15, 0.2) is 0 Å². The Kier molecular flexibility index (Phi) is 4.82. The van der Waals surface area contributed by atoms with Crippen LogP contribution in [0, 0.1) is 5.41 Å². The quantitative estimate of drug-likeness (QED) is 0.625. The molecular weight excluding hydrogens is 234 g/mol. The van der Waals surface area contributed by atoms with Gasteiger partial charge in [0.1, 0.15) is 5.84 Å². The summed E-state index contributed by atoms with van der Waals surface area (Å²) in [5.41, 5.74) is 7.09. The fraction of sp³-hybridized carbons (Fsp3) is 0.462. The maximum absolute atomic E-state index is 7.37. The lowest BCUT2D eigenvalue weighted by molar-refractivity contribution is 0.592. The Bertz CT molecular complexity index is 400. The maximum Gasteiger partial charge on any atom is 0.122 e. The van der Waals surface area contributed by atoms with Crippen LogP contribution in [-0.4, -0.2) is 18.9 Å². The van der Waals surface area contributed by atoms with Crippen LogP contribution in [0.2, 0.25) is 5.02 Å². The van der Waals surface area contributed by atoms with Gasteiger partial charge in [0.05, 0.1) is 10.7 Å². The Morgan fingerprint density at radius 3 is 2.41 bits per heavy atom. The van der Waals surface area contributed by atoms with Gasteiger partial charge in [0.2, 0.25) is 0 Å². The summed E-state index contributed by atoms with van der Waals surface area (Å²) in [6.45, 7) is 4.34. The van der Waals surface area contributed by atoms with Crippen molar-refractivity contribution in [3.63, 3.8) is 0 Å². The summed E-state index contributed by atoms with van der Waals surface area (Å²) < 4.78 is 0. The zero-order valence-electron chi connectivity index (χ0n) is 10.6. The molecule has 0 aliphatic rings. The van der Waals surface area contributed by atoms with E-state index < -0.39 is 0 Å². The van der Waals surface area contributed by atoms with Gasteiger partial charge in [-0.2, -0.15) is 0 Å². The summed E-state index contributed by atoms with van der Waals surface area (Å²) in [6, 6.07) is 5.99. The molecule has 0 saturated carbocycles. The standard InChI is InChI=1S/C13H20ClN3/c1-4-10(5-2)17(3)12-7-6-9(13(15)16)8-11(12)14/h6-8,10H,4-5H2,1-3H3,(H3,15,16). The first-order valence-electron chi connectivity index (χ1n) is 5.88. The molecule has 0 saturated heterocycles. The second kappa shape index (κ2) is 5.92. The molecule has 0 atom stereocenters. The highest BCUT2D eigenvalue weighted by molar-refractivity contribution is 6.33. The molecule has 1 aromatic carbocycles. The Labute approximate surface area is 108 Å². The van der Waals surface area contributed by atoms with Crippen LogP contribution in [0.3, 0.4) is 0 Å². The Hall–Kier alpha value is -1.22. The minimum absolute atomic E-state index is 0.0450. The second-order valence-electron chi connectivity index (χ2n) is 4.16. The lowest BCUT2D eigenvalue weighted by Gasteiger charge is -2.29. The van der Waals surface area contributed by atoms with E-state index >= 15 is 0 Å². The molecule has 1 aromatic rings. The molecule has 0 unspecified atom stereocenters. The predicted octanol–water partition coefficient (Wildman–Crippen LogP) is 3.25. The van der Waals surface area contributed by atoms with E-state index in [2.05, 4.69) is 18.7 Å². The first-order valence-corrected chi connectivity index (χ1v) is 6.25. The number of anilines is 1. The molecule has 0 aliphatic carbocycles. The van der Waals surface area contributed by atoms with Crippen LogP contribution in [0.4, 0.5) is 5.69 Å². The van der Waals surface area contributed by atoms with E-state index in [-0.39, 0.29) is 5.84 Å². The van der Waals surface area contributed by atoms with E-state index in [0.717, 1.165) is 18.5 Å². The average molecular weight is 254 g/mol. The lowest BCUT2D eigenvalue weighted by atomic mass is 10.1. The molecule has 0 bridgehead atoms. The van der Waals surface area contributed by atoms with Crippen molar-refractivity contribution in [2.24, 2.45) is 5.73 Å². The van der Waals surface area contributed by atoms with Crippen molar-refractivity contribution in [3.05, 3.63) is 28.8 Å². The summed E-state index contributed by atoms with van der Waals surface area (Å²) >= 11 is 6.23. The highest BCUT2D eigenvalue weighted by Crippen LogP contribution is 2.28. The summed E-state index contributed by atoms with van der Waals surface area (Å²) in [6.07, 6.45) is 2.16. The van der Waals surface area contributed by atoms with E-state index in [9.17, 15) is 0 Å². The van der Waals surface area contributed by atoms with Crippen molar-refractivity contribution in [2.75, 3.05) is 11.9 Å². The third kappa shape index (κ3) is 3.13. The number of halogens is 1. The SMILES string of the molecule is CCC(CC)N(C)c1ccc(C(=N)N)cc1Cl. The second-order valence-corrected chi connectivity index (χ2v) is 4.57. The number of rotatable bonds is 5. The van der Waals surface area contributed by atoms with Crippen LogP contribution in [0.25, 0.3) is 0 Å². The summed E-state index contributed by atoms with van der Waals surface area (Å²) in [5.74, 6) is 0.0450. The Balaban J connectivity index is 3.03. The molecule has 0 spiro atoms. The molecule has 0 fully saturated rings. The molecule has 1 rings (SSSR count).